The maximum absolute atomic E-state index is 15.7. The Morgan fingerprint density at radius 2 is 1.17 bits per heavy atom. The number of carbonyl (C=O) groups is 16. The van der Waals surface area contributed by atoms with E-state index in [2.05, 4.69) is 63.5 Å². The maximum atomic E-state index is 15.7. The Balaban J connectivity index is 1.03. The van der Waals surface area contributed by atoms with Crippen LogP contribution in [0.3, 0.4) is 0 Å². The molecule has 0 bridgehead atoms. The molecule has 0 saturated carbocycles. The molecule has 3 unspecified atom stereocenters. The molecule has 147 heavy (non-hydrogen) atoms. The molecule has 2 aliphatic heterocycles. The number of aromatic amines is 1. The quantitative estimate of drug-likeness (QED) is 0.0139. The van der Waals surface area contributed by atoms with Crippen LogP contribution in [0.15, 0.2) is 109 Å². The molecule has 0 spiro atoms. The Morgan fingerprint density at radius 1 is 0.592 bits per heavy atom. The van der Waals surface area contributed by atoms with E-state index < -0.39 is 249 Å². The molecule has 4 aromatic carbocycles. The molecule has 6 aromatic rings. The number of rotatable bonds is 60. The Bertz CT molecular complexity index is 5490. The molecule has 2 aliphatic rings. The first-order valence-electron chi connectivity index (χ1n) is 49.4. The Morgan fingerprint density at radius 3 is 1.80 bits per heavy atom. The number of aliphatic carboxylic acids is 1. The number of phenolic OH excluding ortho intramolecular Hbond substituents is 1. The summed E-state index contributed by atoms with van der Waals surface area (Å²) < 4.78 is 12.8. The number of nitrogens with zero attached hydrogens (tertiary/aromatic N) is 7. The van der Waals surface area contributed by atoms with Crippen molar-refractivity contribution < 1.29 is 117 Å². The summed E-state index contributed by atoms with van der Waals surface area (Å²) in [6.07, 6.45) is -2.44. The smallest absolute Gasteiger partial charge is 0.493 e. The number of aliphatic hydroxyl groups excluding tert-OH is 4. The van der Waals surface area contributed by atoms with Gasteiger partial charge >= 0.3 is 13.1 Å². The van der Waals surface area contributed by atoms with E-state index in [1.165, 1.54) is 99.7 Å². The van der Waals surface area contributed by atoms with Crippen LogP contribution in [0.25, 0.3) is 21.8 Å². The lowest BCUT2D eigenvalue weighted by Crippen LogP contribution is -2.62. The van der Waals surface area contributed by atoms with Gasteiger partial charge in [0.15, 0.2) is 0 Å². The van der Waals surface area contributed by atoms with Crippen LogP contribution >= 0.6 is 11.8 Å². The number of carboxylic acid groups (broad SMARTS) is 1. The van der Waals surface area contributed by atoms with E-state index >= 15 is 28.8 Å². The highest BCUT2D eigenvalue weighted by Gasteiger charge is 2.47. The zero-order chi connectivity index (χ0) is 108. The number of amides is 15. The number of phenols is 1. The van der Waals surface area contributed by atoms with Gasteiger partial charge in [-0.05, 0) is 144 Å². The van der Waals surface area contributed by atoms with E-state index in [0.29, 0.717) is 62.4 Å². The molecule has 2 saturated heterocycles. The van der Waals surface area contributed by atoms with Gasteiger partial charge in [0.05, 0.1) is 42.9 Å². The van der Waals surface area contributed by atoms with Crippen molar-refractivity contribution in [2.45, 2.75) is 255 Å². The summed E-state index contributed by atoms with van der Waals surface area (Å²) in [4.78, 5) is 240. The molecule has 15 amide bonds. The number of carboxylic acids is 1. The van der Waals surface area contributed by atoms with Crippen molar-refractivity contribution >= 4 is 141 Å². The average molecular weight is 2070 g/mol. The third-order valence-corrected chi connectivity index (χ3v) is 27.1. The number of H-pyrrole nitrogens is 1. The van der Waals surface area contributed by atoms with Crippen LogP contribution in [0, 0.1) is 11.8 Å². The number of likely N-dealkylation sites (tertiary alicyclic amines) is 2. The molecule has 17 atom stereocenters. The zero-order valence-corrected chi connectivity index (χ0v) is 87.0. The Kier molecular flexibility index (Phi) is 46.8. The van der Waals surface area contributed by atoms with Crippen molar-refractivity contribution in [1.29, 1.82) is 0 Å². The molecule has 806 valence electrons. The lowest BCUT2D eigenvalue weighted by Gasteiger charge is -2.35. The molecule has 22 N–H and O–H groups in total. The fraction of sp³-hybridized carbons (Fsp3) is 0.560. The van der Waals surface area contributed by atoms with Crippen LogP contribution in [-0.4, -0.2) is 368 Å². The van der Waals surface area contributed by atoms with E-state index in [0.717, 1.165) is 32.9 Å². The van der Waals surface area contributed by atoms with E-state index in [-0.39, 0.29) is 94.8 Å². The highest BCUT2D eigenvalue weighted by Crippen LogP contribution is 2.29. The summed E-state index contributed by atoms with van der Waals surface area (Å²) in [5.41, 5.74) is 15.0. The molecule has 45 nitrogen and oxygen atoms in total. The average Bonchev–Trinajstić information content (AvgIpc) is 1.65. The number of fused-ring (bicyclic) bond motifs is 2. The Labute approximate surface area is 860 Å². The predicted octanol–water partition coefficient (Wildman–Crippen LogP) is -2.45. The molecular formula is C100H148BN21O24S. The molecule has 2 fully saturated rings. The SMILES string of the molecule is CCCC[C@@H](C(=O)N[C@@H](CC(C)C)C(=O)N[C@@H](CSCC(=O)N[C@@H](Cc1ccc(O)cc1)C(=O)N(C)[C@@H](C)C(O)N[C@@H](CC(N)=O)C(=O)N1CCC[C@H]1C(=O)N[C@@H](CN(Cc1ccccc1B(OC)OC)C(C)O)C(=O)N[C@@H](CC(C)C)C(=O)N1C[C@H](O)C[C@H]1C(=O)N[C@@H](Cc1c[nH]c2ccccc12)C(=O)N[C@@H](CCNC)C(=O)N[C@@H](Cc1cn(CC(=O)O)c2ccccc12)C(=O)N(C)C)C(=O)NCC(N)=O)N(C)C(C)O. The first-order valence-corrected chi connectivity index (χ1v) is 50.6. The first kappa shape index (κ1) is 120. The number of unbranched alkanes of at least 4 members (excludes halogenated alkanes) is 1. The number of aromatic hydroxyl groups is 1. The second-order valence-electron chi connectivity index (χ2n) is 38.6. The molecule has 8 rings (SSSR count). The highest BCUT2D eigenvalue weighted by atomic mass is 32.2. The largest absolute Gasteiger partial charge is 0.508 e. The number of benzene rings is 4. The summed E-state index contributed by atoms with van der Waals surface area (Å²) in [6, 6.07) is 8.25. The number of nitrogens with two attached hydrogens (primary N) is 2. The monoisotopic (exact) mass is 2070 g/mol. The lowest BCUT2D eigenvalue weighted by molar-refractivity contribution is -0.144. The van der Waals surface area contributed by atoms with Gasteiger partial charge in [-0.15, -0.1) is 11.8 Å². The number of aromatic nitrogens is 2. The first-order chi connectivity index (χ1) is 69.7. The van der Waals surface area contributed by atoms with Gasteiger partial charge in [0.25, 0.3) is 0 Å². The van der Waals surface area contributed by atoms with Crippen LogP contribution in [0.1, 0.15) is 142 Å². The topological polar surface area (TPSA) is 637 Å². The predicted molar refractivity (Wildman–Crippen MR) is 549 cm³/mol. The van der Waals surface area contributed by atoms with Crippen molar-refractivity contribution in [1.82, 2.24) is 97.4 Å². The van der Waals surface area contributed by atoms with Gasteiger partial charge in [-0.25, -0.2) is 0 Å². The van der Waals surface area contributed by atoms with Crippen LogP contribution in [0.4, 0.5) is 0 Å². The van der Waals surface area contributed by atoms with Crippen LogP contribution in [0.2, 0.25) is 0 Å². The number of likely N-dealkylation sites (N-methyl/N-ethyl adjacent to an activating group) is 3. The fourth-order valence-electron chi connectivity index (χ4n) is 18.0. The maximum Gasteiger partial charge on any atom is 0.493 e. The van der Waals surface area contributed by atoms with E-state index in [9.17, 15) is 78.6 Å². The van der Waals surface area contributed by atoms with Gasteiger partial charge in [0.1, 0.15) is 91.4 Å². The number of hydrogen-bond acceptors (Lipinski definition) is 28. The lowest BCUT2D eigenvalue weighted by atomic mass is 9.75. The Hall–Kier alpha value is -12.7. The molecular weight excluding hydrogens is 1920 g/mol. The number of carbonyl (C=O) groups excluding carboxylic acids is 15. The normalized spacial score (nSPS) is 17.0. The van der Waals surface area contributed by atoms with Gasteiger partial charge < -0.3 is 134 Å². The van der Waals surface area contributed by atoms with Crippen LogP contribution < -0.4 is 75.4 Å². The third kappa shape index (κ3) is 35.0. The standard InChI is InChI=1S/C100H148BN21O24S/c1-16-17-30-81(118(13)59(7)123)94(138)109-72(40-56(2)3)91(135)115-79(89(133)106-48-85(103)128)54-147-55-86(129)107-75(42-61-33-35-65(125)36-34-61)98(142)117(12)58(6)88(132)111-77(46-84(102)127)99(143)121-39-24-32-82(121)95(139)114-78(52-119(60(8)124)49-62-25-18-21-28-69(62)101(145-14)146-15)93(137)112-74(41-57(4)5)100(144)122-51-66(126)45-83(122)96(140)110-73(43-63-47-105-70-29-22-19-26-67(63)70)92(136)108-71(37-38-104-9)90(134)113-76(97(141)116(10)11)44-64-50-120(53-87(130)131)80-31-23-20-27-68(64)80/h18-23,25-29,31,33-36,47,50,56-60,66,71-79,81-83,88,104-105,111,123-126,132H,16-17,24,30,32,37-46,48-49,51-55H2,1-15H3,(H2,102,127)(H2,103,128)(H,106,133)(H,107,129)(H,108,136)(H,109,138)(H,110,140)(H,112,137)(H,113,134)(H,114,139)(H,115,135)(H,130,131)/t58-,59?,60?,66+,71-,72-,73-,74-,75-,76-,77-,78-,79-,81-,82-,83-,88?/m0/s1. The number of β-amino-alcohol motifs (C(OH)–C–C–N with tert-alkyl or cyclic N) is 1. The molecule has 2 aromatic heterocycles. The summed E-state index contributed by atoms with van der Waals surface area (Å²) in [5.74, 6) is -15.3. The second-order valence-corrected chi connectivity index (χ2v) is 39.6. The van der Waals surface area contributed by atoms with Crippen LogP contribution in [0.5, 0.6) is 5.75 Å². The van der Waals surface area contributed by atoms with Gasteiger partial charge in [0, 0.05) is 127 Å². The third-order valence-electron chi connectivity index (χ3n) is 26.1. The molecule has 4 heterocycles. The number of primary amides is 2. The zero-order valence-electron chi connectivity index (χ0n) is 86.2. The summed E-state index contributed by atoms with van der Waals surface area (Å²) in [5, 5.41) is 97.6. The number of para-hydroxylation sites is 2. The van der Waals surface area contributed by atoms with Crippen molar-refractivity contribution in [3.05, 3.63) is 132 Å². The van der Waals surface area contributed by atoms with E-state index in [1.54, 1.807) is 113 Å². The second kappa shape index (κ2) is 57.6. The van der Waals surface area contributed by atoms with Gasteiger partial charge in [-0.1, -0.05) is 120 Å². The summed E-state index contributed by atoms with van der Waals surface area (Å²) >= 11 is 0.842. The minimum Gasteiger partial charge on any atom is -0.508 e. The molecule has 0 aliphatic carbocycles. The van der Waals surface area contributed by atoms with Gasteiger partial charge in [0.2, 0.25) is 88.6 Å². The molecule has 47 heteroatoms. The van der Waals surface area contributed by atoms with Crippen molar-refractivity contribution in [2.24, 2.45) is 23.3 Å². The highest BCUT2D eigenvalue weighted by molar-refractivity contribution is 8.00. The van der Waals surface area contributed by atoms with Gasteiger partial charge in [-0.2, -0.15) is 0 Å². The molecule has 0 radical (unpaired) electrons. The fourth-order valence-corrected chi connectivity index (χ4v) is 18.8. The van der Waals surface area contributed by atoms with Crippen molar-refractivity contribution in [3.63, 3.8) is 0 Å². The number of aliphatic hydroxyl groups is 4. The number of nitrogens with one attached hydrogen (secondary N) is 12. The summed E-state index contributed by atoms with van der Waals surface area (Å²) in [7, 11) is 9.38. The van der Waals surface area contributed by atoms with Gasteiger partial charge in [-0.3, -0.25) is 91.8 Å². The van der Waals surface area contributed by atoms with Crippen LogP contribution in [-0.2, 0) is 118 Å². The number of thioether (sulfide) groups is 1. The summed E-state index contributed by atoms with van der Waals surface area (Å²) in [6.45, 7) is 11.2. The van der Waals surface area contributed by atoms with E-state index in [1.807, 2.05) is 20.8 Å². The van der Waals surface area contributed by atoms with Crippen molar-refractivity contribution in [2.75, 3.05) is 93.7 Å². The minimum atomic E-state index is -1.91. The van der Waals surface area contributed by atoms with Crippen molar-refractivity contribution in [3.8, 4) is 5.75 Å². The number of hydrogen-bond donors (Lipinski definition) is 20. The minimum absolute atomic E-state index is 0.0495. The van der Waals surface area contributed by atoms with E-state index in [4.69, 9.17) is 20.8 Å².